The van der Waals surface area contributed by atoms with Crippen LogP contribution in [0.25, 0.3) is 16.7 Å². The zero-order valence-electron chi connectivity index (χ0n) is 14.0. The zero-order chi connectivity index (χ0) is 17.4. The summed E-state index contributed by atoms with van der Waals surface area (Å²) in [4.78, 5) is 32.8. The third-order valence-corrected chi connectivity index (χ3v) is 4.75. The van der Waals surface area contributed by atoms with Gasteiger partial charge in [-0.25, -0.2) is 9.78 Å². The van der Waals surface area contributed by atoms with Gasteiger partial charge in [0.2, 0.25) is 11.5 Å². The van der Waals surface area contributed by atoms with Crippen LogP contribution in [0.4, 0.5) is 5.82 Å². The molecule has 1 aliphatic rings. The molecule has 0 aromatic carbocycles. The van der Waals surface area contributed by atoms with Gasteiger partial charge in [-0.15, -0.1) is 0 Å². The number of carbonyl (C=O) groups is 1. The largest absolute Gasteiger partial charge is 0.355 e. The van der Waals surface area contributed by atoms with E-state index >= 15 is 0 Å². The second-order valence-electron chi connectivity index (χ2n) is 6.37. The van der Waals surface area contributed by atoms with Gasteiger partial charge in [0.15, 0.2) is 0 Å². The molecule has 0 unspecified atom stereocenters. The van der Waals surface area contributed by atoms with Crippen molar-refractivity contribution >= 4 is 28.4 Å². The molecular weight excluding hydrogens is 318 g/mol. The highest BCUT2D eigenvalue weighted by Crippen LogP contribution is 2.24. The average molecular weight is 338 g/mol. The van der Waals surface area contributed by atoms with Gasteiger partial charge in [0.1, 0.15) is 10.9 Å². The number of aromatic nitrogens is 3. The van der Waals surface area contributed by atoms with Crippen LogP contribution in [0.3, 0.4) is 0 Å². The number of amides is 1. The van der Waals surface area contributed by atoms with Crippen LogP contribution >= 0.6 is 0 Å². The normalized spacial score (nSPS) is 14.9. The highest BCUT2D eigenvalue weighted by Gasteiger charge is 2.24. The molecular formula is C18H20N5O2+. The molecule has 0 aliphatic heterocycles. The fraction of sp³-hybridized carbons (Fsp3) is 0.333. The number of rotatable bonds is 3. The predicted octanol–water partition coefficient (Wildman–Crippen LogP) is 1.38. The molecule has 1 aliphatic carbocycles. The van der Waals surface area contributed by atoms with Gasteiger partial charge < -0.3 is 10.6 Å². The van der Waals surface area contributed by atoms with Crippen molar-refractivity contribution in [3.63, 3.8) is 0 Å². The molecule has 1 amide bonds. The molecule has 0 saturated heterocycles. The third-order valence-electron chi connectivity index (χ3n) is 4.75. The van der Waals surface area contributed by atoms with Gasteiger partial charge in [-0.3, -0.25) is 4.79 Å². The molecule has 1 saturated carbocycles. The first-order chi connectivity index (χ1) is 12.2. The number of carbonyl (C=O) groups excluding carboxylic acids is 1. The number of hydrogen-bond acceptors (Lipinski definition) is 4. The van der Waals surface area contributed by atoms with Gasteiger partial charge >= 0.3 is 5.56 Å². The van der Waals surface area contributed by atoms with E-state index in [1.54, 1.807) is 25.4 Å². The molecule has 7 nitrogen and oxygen atoms in total. The third kappa shape index (κ3) is 2.71. The molecule has 3 aromatic heterocycles. The van der Waals surface area contributed by atoms with E-state index in [1.807, 2.05) is 12.1 Å². The molecule has 1 fully saturated rings. The monoisotopic (exact) mass is 338 g/mol. The van der Waals surface area contributed by atoms with E-state index in [0.717, 1.165) is 12.8 Å². The SMILES string of the molecule is CNC(=O)c1cc2c(=O)n3ccccc3[nH+]c2nc1NC1CCCC1. The topological polar surface area (TPSA) is 89.6 Å². The Morgan fingerprint density at radius 2 is 2.12 bits per heavy atom. The van der Waals surface area contributed by atoms with Crippen LogP contribution in [0.5, 0.6) is 0 Å². The summed E-state index contributed by atoms with van der Waals surface area (Å²) in [5.74, 6) is 0.266. The Hall–Kier alpha value is -2.96. The summed E-state index contributed by atoms with van der Waals surface area (Å²) in [6, 6.07) is 7.40. The smallest absolute Gasteiger partial charge is 0.325 e. The first kappa shape index (κ1) is 15.6. The Bertz CT molecular complexity index is 1020. The Labute approximate surface area is 144 Å². The number of anilines is 1. The van der Waals surface area contributed by atoms with Crippen LogP contribution in [0.15, 0.2) is 35.3 Å². The van der Waals surface area contributed by atoms with E-state index in [-0.39, 0.29) is 11.5 Å². The summed E-state index contributed by atoms with van der Waals surface area (Å²) >= 11 is 0. The first-order valence-electron chi connectivity index (χ1n) is 8.53. The second kappa shape index (κ2) is 6.16. The Kier molecular flexibility index (Phi) is 3.83. The van der Waals surface area contributed by atoms with Crippen molar-refractivity contribution in [2.24, 2.45) is 0 Å². The van der Waals surface area contributed by atoms with Crippen molar-refractivity contribution in [1.82, 2.24) is 14.7 Å². The van der Waals surface area contributed by atoms with Gasteiger partial charge in [-0.1, -0.05) is 23.9 Å². The fourth-order valence-electron chi connectivity index (χ4n) is 3.43. The van der Waals surface area contributed by atoms with Crippen molar-refractivity contribution in [1.29, 1.82) is 0 Å². The highest BCUT2D eigenvalue weighted by molar-refractivity contribution is 6.01. The number of fused-ring (bicyclic) bond motifs is 2. The van der Waals surface area contributed by atoms with Gasteiger partial charge in [-0.2, -0.15) is 4.40 Å². The van der Waals surface area contributed by atoms with E-state index < -0.39 is 0 Å². The summed E-state index contributed by atoms with van der Waals surface area (Å²) in [7, 11) is 1.57. The predicted molar refractivity (Wildman–Crippen MR) is 94.8 cm³/mol. The summed E-state index contributed by atoms with van der Waals surface area (Å²) < 4.78 is 1.52. The lowest BCUT2D eigenvalue weighted by atomic mass is 10.1. The lowest BCUT2D eigenvalue weighted by Gasteiger charge is -2.13. The van der Waals surface area contributed by atoms with E-state index in [4.69, 9.17) is 0 Å². The van der Waals surface area contributed by atoms with Crippen LogP contribution in [-0.2, 0) is 0 Å². The Morgan fingerprint density at radius 1 is 1.32 bits per heavy atom. The number of nitrogens with zero attached hydrogens (tertiary/aromatic N) is 2. The molecule has 0 bridgehead atoms. The number of hydrogen-bond donors (Lipinski definition) is 2. The van der Waals surface area contributed by atoms with Crippen molar-refractivity contribution in [3.05, 3.63) is 46.4 Å². The molecule has 3 aromatic rings. The second-order valence-corrected chi connectivity index (χ2v) is 6.37. The van der Waals surface area contributed by atoms with Gasteiger partial charge in [0.25, 0.3) is 11.6 Å². The van der Waals surface area contributed by atoms with Gasteiger partial charge in [0, 0.05) is 19.2 Å². The molecule has 0 radical (unpaired) electrons. The first-order valence-corrected chi connectivity index (χ1v) is 8.53. The van der Waals surface area contributed by atoms with Crippen molar-refractivity contribution in [2.75, 3.05) is 12.4 Å². The van der Waals surface area contributed by atoms with E-state index in [2.05, 4.69) is 20.6 Å². The minimum absolute atomic E-state index is 0.200. The maximum Gasteiger partial charge on any atom is 0.325 e. The quantitative estimate of drug-likeness (QED) is 0.706. The van der Waals surface area contributed by atoms with Crippen LogP contribution in [-0.4, -0.2) is 28.4 Å². The van der Waals surface area contributed by atoms with Crippen LogP contribution in [0, 0.1) is 0 Å². The van der Waals surface area contributed by atoms with Crippen LogP contribution in [0.1, 0.15) is 36.0 Å². The highest BCUT2D eigenvalue weighted by atomic mass is 16.1. The minimum Gasteiger partial charge on any atom is -0.355 e. The molecule has 3 N–H and O–H groups in total. The molecule has 3 heterocycles. The lowest BCUT2D eigenvalue weighted by Crippen LogP contribution is -2.28. The van der Waals surface area contributed by atoms with Gasteiger partial charge in [-0.05, 0) is 25.0 Å². The van der Waals surface area contributed by atoms with Gasteiger partial charge in [0.05, 0.1) is 6.20 Å². The summed E-state index contributed by atoms with van der Waals surface area (Å²) in [6.45, 7) is 0. The maximum atomic E-state index is 12.8. The summed E-state index contributed by atoms with van der Waals surface area (Å²) in [6.07, 6.45) is 6.18. The number of pyridine rings is 2. The zero-order valence-corrected chi connectivity index (χ0v) is 14.0. The van der Waals surface area contributed by atoms with Crippen molar-refractivity contribution in [2.45, 2.75) is 31.7 Å². The molecule has 25 heavy (non-hydrogen) atoms. The summed E-state index contributed by atoms with van der Waals surface area (Å²) in [5.41, 5.74) is 1.33. The molecule has 4 rings (SSSR count). The number of H-pyrrole nitrogens is 1. The minimum atomic E-state index is -0.257. The Morgan fingerprint density at radius 3 is 2.88 bits per heavy atom. The van der Waals surface area contributed by atoms with E-state index in [1.165, 1.54) is 17.2 Å². The standard InChI is InChI=1S/C18H19N5O2/c1-19-17(24)12-10-13-16(22-15(12)20-11-6-2-3-7-11)21-14-8-4-5-9-23(14)18(13)25/h4-5,8-11H,2-3,6-7H2,1H3,(H,19,24)(H,20,22)/p+1. The number of aromatic amines is 1. The maximum absolute atomic E-state index is 12.8. The van der Waals surface area contributed by atoms with E-state index in [9.17, 15) is 9.59 Å². The molecule has 7 heteroatoms. The fourth-order valence-corrected chi connectivity index (χ4v) is 3.43. The number of nitrogens with one attached hydrogen (secondary N) is 3. The Balaban J connectivity index is 1.94. The van der Waals surface area contributed by atoms with Crippen LogP contribution in [0.2, 0.25) is 0 Å². The molecule has 128 valence electrons. The average Bonchev–Trinajstić information content (AvgIpc) is 3.14. The molecule has 0 spiro atoms. The van der Waals surface area contributed by atoms with Crippen molar-refractivity contribution in [3.8, 4) is 0 Å². The van der Waals surface area contributed by atoms with Crippen molar-refractivity contribution < 1.29 is 9.78 Å². The molecule has 0 atom stereocenters. The van der Waals surface area contributed by atoms with Crippen LogP contribution < -0.4 is 21.2 Å². The van der Waals surface area contributed by atoms with E-state index in [0.29, 0.717) is 34.1 Å². The lowest BCUT2D eigenvalue weighted by molar-refractivity contribution is -0.319. The summed E-state index contributed by atoms with van der Waals surface area (Å²) in [5, 5.41) is 6.40.